The lowest BCUT2D eigenvalue weighted by atomic mass is 10.0. The largest absolute Gasteiger partial charge is 0.492 e. The van der Waals surface area contributed by atoms with Crippen LogP contribution in [0.25, 0.3) is 0 Å². The number of ether oxygens (including phenoxy) is 1. The van der Waals surface area contributed by atoms with Gasteiger partial charge in [-0.15, -0.1) is 11.8 Å². The molecule has 0 amide bonds. The first kappa shape index (κ1) is 14.9. The van der Waals surface area contributed by atoms with Gasteiger partial charge in [-0.3, -0.25) is 0 Å². The van der Waals surface area contributed by atoms with E-state index in [0.29, 0.717) is 12.5 Å². The number of fused-ring (bicyclic) bond motifs is 1. The lowest BCUT2D eigenvalue weighted by Gasteiger charge is -2.17. The second-order valence-corrected chi connectivity index (χ2v) is 7.19. The molecule has 1 aliphatic heterocycles. The van der Waals surface area contributed by atoms with Crippen molar-refractivity contribution in [2.24, 2.45) is 0 Å². The zero-order chi connectivity index (χ0) is 14.8. The Bertz CT molecular complexity index is 642. The third-order valence-corrected chi connectivity index (χ3v) is 5.41. The molecule has 2 aromatic rings. The molecule has 0 radical (unpaired) electrons. The van der Waals surface area contributed by atoms with Crippen LogP contribution in [0.4, 0.5) is 0 Å². The number of aliphatic hydroxyl groups excluding tert-OH is 1. The summed E-state index contributed by atoms with van der Waals surface area (Å²) in [6.45, 7) is 2.40. The SMILES string of the molecule is CC(O)c1ccc(Br)cc1OCC1CSc2ccccc21. The number of benzene rings is 2. The molecular formula is C17H17BrO2S. The first-order valence-corrected chi connectivity index (χ1v) is 8.75. The number of thioether (sulfide) groups is 1. The Hall–Kier alpha value is -0.970. The average molecular weight is 365 g/mol. The quantitative estimate of drug-likeness (QED) is 0.846. The van der Waals surface area contributed by atoms with Gasteiger partial charge in [-0.1, -0.05) is 40.2 Å². The molecule has 2 atom stereocenters. The van der Waals surface area contributed by atoms with Crippen LogP contribution in [-0.2, 0) is 0 Å². The highest BCUT2D eigenvalue weighted by Gasteiger charge is 2.23. The van der Waals surface area contributed by atoms with Crippen LogP contribution < -0.4 is 4.74 Å². The molecule has 0 fully saturated rings. The highest BCUT2D eigenvalue weighted by atomic mass is 79.9. The lowest BCUT2D eigenvalue weighted by Crippen LogP contribution is -2.11. The summed E-state index contributed by atoms with van der Waals surface area (Å²) in [6.07, 6.45) is -0.529. The smallest absolute Gasteiger partial charge is 0.126 e. The number of rotatable bonds is 4. The predicted octanol–water partition coefficient (Wildman–Crippen LogP) is 4.77. The van der Waals surface area contributed by atoms with E-state index in [4.69, 9.17) is 4.74 Å². The molecule has 110 valence electrons. The molecule has 2 aromatic carbocycles. The predicted molar refractivity (Wildman–Crippen MR) is 90.2 cm³/mol. The van der Waals surface area contributed by atoms with E-state index in [0.717, 1.165) is 21.5 Å². The van der Waals surface area contributed by atoms with Gasteiger partial charge in [0.25, 0.3) is 0 Å². The maximum Gasteiger partial charge on any atom is 0.126 e. The van der Waals surface area contributed by atoms with E-state index in [2.05, 4.69) is 40.2 Å². The van der Waals surface area contributed by atoms with Crippen LogP contribution in [-0.4, -0.2) is 17.5 Å². The Kier molecular flexibility index (Phi) is 4.57. The van der Waals surface area contributed by atoms with Gasteiger partial charge in [0.1, 0.15) is 5.75 Å². The van der Waals surface area contributed by atoms with Crippen molar-refractivity contribution in [1.29, 1.82) is 0 Å². The molecule has 0 saturated carbocycles. The van der Waals surface area contributed by atoms with Crippen molar-refractivity contribution in [2.45, 2.75) is 23.8 Å². The number of hydrogen-bond donors (Lipinski definition) is 1. The Morgan fingerprint density at radius 1 is 1.33 bits per heavy atom. The van der Waals surface area contributed by atoms with E-state index >= 15 is 0 Å². The second-order valence-electron chi connectivity index (χ2n) is 5.21. The molecule has 4 heteroatoms. The van der Waals surface area contributed by atoms with Crippen LogP contribution in [0.3, 0.4) is 0 Å². The minimum Gasteiger partial charge on any atom is -0.492 e. The van der Waals surface area contributed by atoms with Crippen LogP contribution >= 0.6 is 27.7 Å². The van der Waals surface area contributed by atoms with E-state index in [1.165, 1.54) is 10.5 Å². The van der Waals surface area contributed by atoms with Crippen molar-refractivity contribution in [3.63, 3.8) is 0 Å². The van der Waals surface area contributed by atoms with E-state index in [1.807, 2.05) is 30.0 Å². The average Bonchev–Trinajstić information content (AvgIpc) is 2.88. The van der Waals surface area contributed by atoms with Crippen molar-refractivity contribution in [3.8, 4) is 5.75 Å². The van der Waals surface area contributed by atoms with Crippen LogP contribution in [0, 0.1) is 0 Å². The third kappa shape index (κ3) is 3.28. The zero-order valence-corrected chi connectivity index (χ0v) is 14.2. The topological polar surface area (TPSA) is 29.5 Å². The summed E-state index contributed by atoms with van der Waals surface area (Å²) < 4.78 is 6.98. The molecule has 1 aliphatic rings. The van der Waals surface area contributed by atoms with Gasteiger partial charge in [0.2, 0.25) is 0 Å². The fourth-order valence-electron chi connectivity index (χ4n) is 2.54. The van der Waals surface area contributed by atoms with Crippen molar-refractivity contribution >= 4 is 27.7 Å². The summed E-state index contributed by atoms with van der Waals surface area (Å²) >= 11 is 5.35. The third-order valence-electron chi connectivity index (χ3n) is 3.66. The van der Waals surface area contributed by atoms with Crippen LogP contribution in [0.2, 0.25) is 0 Å². The van der Waals surface area contributed by atoms with Crippen molar-refractivity contribution in [3.05, 3.63) is 58.1 Å². The van der Waals surface area contributed by atoms with Gasteiger partial charge in [-0.2, -0.15) is 0 Å². The molecule has 0 aliphatic carbocycles. The van der Waals surface area contributed by atoms with Gasteiger partial charge in [0.05, 0.1) is 12.7 Å². The molecule has 0 saturated heterocycles. The number of hydrogen-bond acceptors (Lipinski definition) is 3. The fourth-order valence-corrected chi connectivity index (χ4v) is 4.11. The Balaban J connectivity index is 1.76. The Morgan fingerprint density at radius 3 is 2.95 bits per heavy atom. The van der Waals surface area contributed by atoms with E-state index < -0.39 is 6.10 Å². The highest BCUT2D eigenvalue weighted by molar-refractivity contribution is 9.10. The maximum atomic E-state index is 9.85. The van der Waals surface area contributed by atoms with Gasteiger partial charge in [-0.05, 0) is 30.7 Å². The van der Waals surface area contributed by atoms with Crippen molar-refractivity contribution in [1.82, 2.24) is 0 Å². The normalized spacial score (nSPS) is 18.3. The molecule has 21 heavy (non-hydrogen) atoms. The molecule has 0 bridgehead atoms. The first-order valence-electron chi connectivity index (χ1n) is 6.97. The second kappa shape index (κ2) is 6.42. The summed E-state index contributed by atoms with van der Waals surface area (Å²) in [5.41, 5.74) is 2.20. The molecule has 2 unspecified atom stereocenters. The summed E-state index contributed by atoms with van der Waals surface area (Å²) in [5, 5.41) is 9.85. The summed E-state index contributed by atoms with van der Waals surface area (Å²) in [6, 6.07) is 14.3. The van der Waals surface area contributed by atoms with Crippen LogP contribution in [0.15, 0.2) is 51.8 Å². The number of aliphatic hydroxyl groups is 1. The molecule has 3 rings (SSSR count). The molecule has 0 aromatic heterocycles. The van der Waals surface area contributed by atoms with Gasteiger partial charge in [-0.25, -0.2) is 0 Å². The molecular weight excluding hydrogens is 348 g/mol. The van der Waals surface area contributed by atoms with E-state index in [-0.39, 0.29) is 0 Å². The highest BCUT2D eigenvalue weighted by Crippen LogP contribution is 2.40. The maximum absolute atomic E-state index is 9.85. The van der Waals surface area contributed by atoms with Gasteiger partial charge >= 0.3 is 0 Å². The van der Waals surface area contributed by atoms with Crippen LogP contribution in [0.5, 0.6) is 5.75 Å². The zero-order valence-electron chi connectivity index (χ0n) is 11.8. The minimum absolute atomic E-state index is 0.409. The van der Waals surface area contributed by atoms with Crippen molar-refractivity contribution in [2.75, 3.05) is 12.4 Å². The van der Waals surface area contributed by atoms with E-state index in [1.54, 1.807) is 6.92 Å². The van der Waals surface area contributed by atoms with Gasteiger partial charge < -0.3 is 9.84 Å². The fraction of sp³-hybridized carbons (Fsp3) is 0.294. The van der Waals surface area contributed by atoms with E-state index in [9.17, 15) is 5.11 Å². The lowest BCUT2D eigenvalue weighted by molar-refractivity contribution is 0.190. The minimum atomic E-state index is -0.529. The number of halogens is 1. The van der Waals surface area contributed by atoms with Crippen LogP contribution in [0.1, 0.15) is 30.1 Å². The Morgan fingerprint density at radius 2 is 2.14 bits per heavy atom. The van der Waals surface area contributed by atoms with Gasteiger partial charge in [0.15, 0.2) is 0 Å². The summed E-state index contributed by atoms with van der Waals surface area (Å²) in [7, 11) is 0. The summed E-state index contributed by atoms with van der Waals surface area (Å²) in [5.74, 6) is 2.22. The molecule has 1 N–H and O–H groups in total. The van der Waals surface area contributed by atoms with Gasteiger partial charge in [0, 0.05) is 26.6 Å². The first-order chi connectivity index (χ1) is 10.1. The molecule has 0 spiro atoms. The summed E-state index contributed by atoms with van der Waals surface area (Å²) in [4.78, 5) is 1.36. The Labute approximate surface area is 137 Å². The van der Waals surface area contributed by atoms with Crippen molar-refractivity contribution < 1.29 is 9.84 Å². The standard InChI is InChI=1S/C17H17BrO2S/c1-11(19)14-7-6-13(18)8-16(14)20-9-12-10-21-17-5-3-2-4-15(12)17/h2-8,11-12,19H,9-10H2,1H3. The molecule has 1 heterocycles. The monoisotopic (exact) mass is 364 g/mol. The molecule has 2 nitrogen and oxygen atoms in total.